The summed E-state index contributed by atoms with van der Waals surface area (Å²) < 4.78 is 16.1. The van der Waals surface area contributed by atoms with Gasteiger partial charge in [-0.25, -0.2) is 0 Å². The zero-order chi connectivity index (χ0) is 15.9. The largest absolute Gasteiger partial charge is 0.383 e. The maximum Gasteiger partial charge on any atom is 0.228 e. The van der Waals surface area contributed by atoms with Gasteiger partial charge in [-0.15, -0.1) is 0 Å². The van der Waals surface area contributed by atoms with E-state index in [-0.39, 0.29) is 17.6 Å². The molecule has 1 N–H and O–H groups in total. The van der Waals surface area contributed by atoms with Crippen molar-refractivity contribution in [3.63, 3.8) is 0 Å². The molecular weight excluding hydrogens is 270 g/mol. The first kappa shape index (κ1) is 18.1. The van der Waals surface area contributed by atoms with Crippen molar-refractivity contribution >= 4 is 0 Å². The Labute approximate surface area is 127 Å². The van der Waals surface area contributed by atoms with E-state index in [4.69, 9.17) is 14.0 Å². The van der Waals surface area contributed by atoms with Crippen LogP contribution in [0.2, 0.25) is 0 Å². The molecule has 1 aromatic rings. The van der Waals surface area contributed by atoms with E-state index < -0.39 is 0 Å². The highest BCUT2D eigenvalue weighted by Gasteiger charge is 2.30. The van der Waals surface area contributed by atoms with Crippen LogP contribution in [0.4, 0.5) is 0 Å². The third kappa shape index (κ3) is 5.73. The Morgan fingerprint density at radius 3 is 2.52 bits per heavy atom. The Morgan fingerprint density at radius 2 is 2.00 bits per heavy atom. The fourth-order valence-electron chi connectivity index (χ4n) is 2.25. The molecule has 0 spiro atoms. The fraction of sp³-hybridized carbons (Fsp3) is 0.867. The molecule has 1 heterocycles. The second-order valence-electron chi connectivity index (χ2n) is 6.34. The van der Waals surface area contributed by atoms with E-state index in [0.717, 1.165) is 13.0 Å². The predicted octanol–water partition coefficient (Wildman–Crippen LogP) is 2.36. The normalized spacial score (nSPS) is 15.1. The molecule has 0 aliphatic carbocycles. The number of methoxy groups -OCH3 is 2. The lowest BCUT2D eigenvalue weighted by Gasteiger charge is -2.26. The molecule has 0 amide bonds. The summed E-state index contributed by atoms with van der Waals surface area (Å²) in [6, 6.07) is 0.180. The van der Waals surface area contributed by atoms with Crippen molar-refractivity contribution in [1.29, 1.82) is 0 Å². The van der Waals surface area contributed by atoms with Crippen LogP contribution in [-0.4, -0.2) is 43.6 Å². The summed E-state index contributed by atoms with van der Waals surface area (Å²) in [7, 11) is 3.36. The van der Waals surface area contributed by atoms with Gasteiger partial charge in [0.1, 0.15) is 6.10 Å². The van der Waals surface area contributed by atoms with E-state index in [1.54, 1.807) is 14.2 Å². The molecule has 0 saturated carbocycles. The molecular formula is C15H29N3O3. The molecule has 1 rings (SSSR count). The molecule has 2 unspecified atom stereocenters. The van der Waals surface area contributed by atoms with E-state index in [1.165, 1.54) is 0 Å². The summed E-state index contributed by atoms with van der Waals surface area (Å²) >= 11 is 0. The molecule has 6 heteroatoms. The van der Waals surface area contributed by atoms with Gasteiger partial charge in [-0.3, -0.25) is 0 Å². The summed E-state index contributed by atoms with van der Waals surface area (Å²) in [5.41, 5.74) is -0.0811. The summed E-state index contributed by atoms with van der Waals surface area (Å²) in [4.78, 5) is 4.48. The quantitative estimate of drug-likeness (QED) is 0.755. The van der Waals surface area contributed by atoms with Gasteiger partial charge in [0.25, 0.3) is 0 Å². The maximum absolute atomic E-state index is 5.51. The highest BCUT2D eigenvalue weighted by atomic mass is 16.5. The Bertz CT molecular complexity index is 401. The van der Waals surface area contributed by atoms with Crippen LogP contribution >= 0.6 is 0 Å². The molecule has 122 valence electrons. The van der Waals surface area contributed by atoms with Crippen LogP contribution in [0.5, 0.6) is 0 Å². The number of hydrogen-bond donors (Lipinski definition) is 1. The average Bonchev–Trinajstić information content (AvgIpc) is 2.83. The lowest BCUT2D eigenvalue weighted by atomic mass is 9.88. The average molecular weight is 299 g/mol. The Balaban J connectivity index is 2.72. The standard InChI is InChI=1S/C15H29N3O3/c1-7-8-16-11(10-19-5)9-12-17-14(18-21-12)13(20-6)15(2,3)4/h11,13,16H,7-10H2,1-6H3. The van der Waals surface area contributed by atoms with Crippen molar-refractivity contribution < 1.29 is 14.0 Å². The van der Waals surface area contributed by atoms with E-state index in [0.29, 0.717) is 24.7 Å². The molecule has 0 aliphatic heterocycles. The van der Waals surface area contributed by atoms with Gasteiger partial charge in [0.2, 0.25) is 11.7 Å². The molecule has 0 aliphatic rings. The zero-order valence-electron chi connectivity index (χ0n) is 14.1. The van der Waals surface area contributed by atoms with Crippen LogP contribution in [0.15, 0.2) is 4.52 Å². The van der Waals surface area contributed by atoms with Crippen LogP contribution in [0, 0.1) is 5.41 Å². The molecule has 6 nitrogen and oxygen atoms in total. The highest BCUT2D eigenvalue weighted by Crippen LogP contribution is 2.33. The Hall–Kier alpha value is -0.980. The molecule has 2 atom stereocenters. The summed E-state index contributed by atoms with van der Waals surface area (Å²) in [5.74, 6) is 1.22. The monoisotopic (exact) mass is 299 g/mol. The molecule has 0 radical (unpaired) electrons. The number of ether oxygens (including phenoxy) is 2. The van der Waals surface area contributed by atoms with Crippen LogP contribution in [0.3, 0.4) is 0 Å². The van der Waals surface area contributed by atoms with Crippen molar-refractivity contribution in [3.8, 4) is 0 Å². The van der Waals surface area contributed by atoms with E-state index in [2.05, 4.69) is 43.2 Å². The molecule has 1 aromatic heterocycles. The molecule has 0 fully saturated rings. The maximum atomic E-state index is 5.51. The van der Waals surface area contributed by atoms with Gasteiger partial charge in [0, 0.05) is 26.7 Å². The lowest BCUT2D eigenvalue weighted by molar-refractivity contribution is 0.00718. The minimum Gasteiger partial charge on any atom is -0.383 e. The summed E-state index contributed by atoms with van der Waals surface area (Å²) in [6.45, 7) is 9.96. The third-order valence-corrected chi connectivity index (χ3v) is 3.21. The Kier molecular flexibility index (Phi) is 7.28. The Morgan fingerprint density at radius 1 is 1.29 bits per heavy atom. The van der Waals surface area contributed by atoms with Crippen LogP contribution in [0.25, 0.3) is 0 Å². The first-order valence-corrected chi connectivity index (χ1v) is 7.50. The van der Waals surface area contributed by atoms with Gasteiger partial charge in [0.05, 0.1) is 6.61 Å². The fourth-order valence-corrected chi connectivity index (χ4v) is 2.25. The van der Waals surface area contributed by atoms with Crippen molar-refractivity contribution in [2.24, 2.45) is 5.41 Å². The summed E-state index contributed by atoms with van der Waals surface area (Å²) in [5, 5.41) is 7.49. The van der Waals surface area contributed by atoms with Gasteiger partial charge < -0.3 is 19.3 Å². The van der Waals surface area contributed by atoms with Crippen LogP contribution < -0.4 is 5.32 Å². The number of nitrogens with zero attached hydrogens (tertiary/aromatic N) is 2. The smallest absolute Gasteiger partial charge is 0.228 e. The minimum atomic E-state index is -0.181. The highest BCUT2D eigenvalue weighted by molar-refractivity contribution is 4.97. The van der Waals surface area contributed by atoms with Gasteiger partial charge in [0.15, 0.2) is 0 Å². The van der Waals surface area contributed by atoms with Crippen molar-refractivity contribution in [1.82, 2.24) is 15.5 Å². The van der Waals surface area contributed by atoms with Crippen molar-refractivity contribution in [2.75, 3.05) is 27.4 Å². The number of hydrogen-bond acceptors (Lipinski definition) is 6. The second kappa shape index (κ2) is 8.46. The van der Waals surface area contributed by atoms with Gasteiger partial charge in [-0.1, -0.05) is 32.9 Å². The lowest BCUT2D eigenvalue weighted by Crippen LogP contribution is -2.35. The van der Waals surface area contributed by atoms with Crippen LogP contribution in [0.1, 0.15) is 51.9 Å². The van der Waals surface area contributed by atoms with E-state index in [1.807, 2.05) is 0 Å². The minimum absolute atomic E-state index is 0.0811. The van der Waals surface area contributed by atoms with Crippen LogP contribution in [-0.2, 0) is 15.9 Å². The molecule has 0 aromatic carbocycles. The van der Waals surface area contributed by atoms with E-state index in [9.17, 15) is 0 Å². The topological polar surface area (TPSA) is 69.4 Å². The molecule has 21 heavy (non-hydrogen) atoms. The second-order valence-corrected chi connectivity index (χ2v) is 6.34. The van der Waals surface area contributed by atoms with Crippen molar-refractivity contribution in [3.05, 3.63) is 11.7 Å². The van der Waals surface area contributed by atoms with Gasteiger partial charge >= 0.3 is 0 Å². The first-order chi connectivity index (χ1) is 9.92. The number of nitrogens with one attached hydrogen (secondary N) is 1. The molecule has 0 saturated heterocycles. The van der Waals surface area contributed by atoms with E-state index >= 15 is 0 Å². The van der Waals surface area contributed by atoms with Gasteiger partial charge in [-0.05, 0) is 18.4 Å². The summed E-state index contributed by atoms with van der Waals surface area (Å²) in [6.07, 6.45) is 1.55. The first-order valence-electron chi connectivity index (χ1n) is 7.50. The number of rotatable bonds is 9. The van der Waals surface area contributed by atoms with Crippen molar-refractivity contribution in [2.45, 2.75) is 52.7 Å². The zero-order valence-corrected chi connectivity index (χ0v) is 14.1. The SMILES string of the molecule is CCCNC(COC)Cc1nc(C(OC)C(C)(C)C)no1. The third-order valence-electron chi connectivity index (χ3n) is 3.21. The molecule has 0 bridgehead atoms. The predicted molar refractivity (Wildman–Crippen MR) is 81.2 cm³/mol. The van der Waals surface area contributed by atoms with Gasteiger partial charge in [-0.2, -0.15) is 4.98 Å². The number of aromatic nitrogens is 2.